The van der Waals surface area contributed by atoms with Gasteiger partial charge in [-0.05, 0) is 49.4 Å². The normalized spacial score (nSPS) is 12.5. The molecule has 6 nitrogen and oxygen atoms in total. The van der Waals surface area contributed by atoms with Gasteiger partial charge in [0.15, 0.2) is 0 Å². The molecule has 1 aromatic heterocycles. The summed E-state index contributed by atoms with van der Waals surface area (Å²) < 4.78 is 36.4. The number of carbonyl (C=O) groups is 1. The monoisotopic (exact) mass is 410 g/mol. The van der Waals surface area contributed by atoms with E-state index < -0.39 is 16.0 Å². The Bertz CT molecular complexity index is 1150. The van der Waals surface area contributed by atoms with E-state index in [4.69, 9.17) is 16.3 Å². The molecule has 0 amide bonds. The Hall–Kier alpha value is -2.16. The van der Waals surface area contributed by atoms with Crippen molar-refractivity contribution in [3.63, 3.8) is 0 Å². The van der Waals surface area contributed by atoms with Crippen molar-refractivity contribution in [2.75, 3.05) is 6.61 Å². The average Bonchev–Trinajstić information content (AvgIpc) is 2.90. The molecule has 0 fully saturated rings. The van der Waals surface area contributed by atoms with Crippen molar-refractivity contribution in [1.82, 2.24) is 4.57 Å². The number of halogens is 1. The lowest BCUT2D eigenvalue weighted by Gasteiger charge is -2.01. The first-order valence-corrected chi connectivity index (χ1v) is 10.3. The first-order valence-electron chi connectivity index (χ1n) is 7.65. The summed E-state index contributed by atoms with van der Waals surface area (Å²) in [5.74, 6) is -0.419. The SMILES string of the molecule is CCOC(=O)c1ccc2c(c1)s/c(=N\S(=O)(=O)c1ccc(Cl)cc1)n2C. The minimum atomic E-state index is -3.87. The molecule has 0 saturated heterocycles. The predicted octanol–water partition coefficient (Wildman–Crippen LogP) is 3.36. The maximum absolute atomic E-state index is 12.5. The van der Waals surface area contributed by atoms with Crippen LogP contribution in [0.5, 0.6) is 0 Å². The maximum atomic E-state index is 12.5. The second-order valence-electron chi connectivity index (χ2n) is 5.37. The molecule has 136 valence electrons. The van der Waals surface area contributed by atoms with Crippen molar-refractivity contribution in [2.24, 2.45) is 11.4 Å². The average molecular weight is 411 g/mol. The second kappa shape index (κ2) is 7.22. The molecular formula is C17H15ClN2O4S2. The topological polar surface area (TPSA) is 77.7 Å². The first kappa shape index (κ1) is 18.6. The Kier molecular flexibility index (Phi) is 5.17. The van der Waals surface area contributed by atoms with Gasteiger partial charge in [0.1, 0.15) is 0 Å². The molecule has 1 heterocycles. The van der Waals surface area contributed by atoms with Crippen molar-refractivity contribution in [3.8, 4) is 0 Å². The van der Waals surface area contributed by atoms with Gasteiger partial charge in [-0.2, -0.15) is 8.42 Å². The number of aromatic nitrogens is 1. The van der Waals surface area contributed by atoms with Crippen molar-refractivity contribution in [1.29, 1.82) is 0 Å². The third-order valence-electron chi connectivity index (χ3n) is 3.63. The van der Waals surface area contributed by atoms with Gasteiger partial charge in [0, 0.05) is 12.1 Å². The molecule has 0 aliphatic carbocycles. The number of rotatable bonds is 4. The summed E-state index contributed by atoms with van der Waals surface area (Å²) in [4.78, 5) is 12.2. The molecule has 0 bridgehead atoms. The smallest absolute Gasteiger partial charge is 0.338 e. The molecule has 26 heavy (non-hydrogen) atoms. The number of esters is 1. The van der Waals surface area contributed by atoms with Gasteiger partial charge in [0.25, 0.3) is 10.0 Å². The Morgan fingerprint density at radius 2 is 1.92 bits per heavy atom. The Morgan fingerprint density at radius 1 is 1.23 bits per heavy atom. The maximum Gasteiger partial charge on any atom is 0.338 e. The van der Waals surface area contributed by atoms with Gasteiger partial charge in [-0.25, -0.2) is 4.79 Å². The van der Waals surface area contributed by atoms with E-state index in [2.05, 4.69) is 4.40 Å². The zero-order valence-electron chi connectivity index (χ0n) is 14.0. The predicted molar refractivity (Wildman–Crippen MR) is 101 cm³/mol. The van der Waals surface area contributed by atoms with Crippen LogP contribution in [0.15, 0.2) is 51.8 Å². The summed E-state index contributed by atoms with van der Waals surface area (Å²) in [6.45, 7) is 2.02. The second-order valence-corrected chi connectivity index (χ2v) is 8.42. The van der Waals surface area contributed by atoms with E-state index in [1.807, 2.05) is 0 Å². The highest BCUT2D eigenvalue weighted by Gasteiger charge is 2.15. The largest absolute Gasteiger partial charge is 0.462 e. The summed E-state index contributed by atoms with van der Waals surface area (Å²) >= 11 is 6.98. The zero-order chi connectivity index (χ0) is 18.9. The molecule has 0 saturated carbocycles. The van der Waals surface area contributed by atoms with E-state index in [1.54, 1.807) is 36.7 Å². The molecule has 3 aromatic rings. The number of ether oxygens (including phenoxy) is 1. The van der Waals surface area contributed by atoms with Gasteiger partial charge >= 0.3 is 5.97 Å². The molecule has 0 spiro atoms. The van der Waals surface area contributed by atoms with Gasteiger partial charge < -0.3 is 9.30 Å². The van der Waals surface area contributed by atoms with Crippen molar-refractivity contribution < 1.29 is 17.9 Å². The molecule has 0 radical (unpaired) electrons. The van der Waals surface area contributed by atoms with Gasteiger partial charge in [-0.3, -0.25) is 0 Å². The number of thiazole rings is 1. The van der Waals surface area contributed by atoms with Gasteiger partial charge in [0.05, 0.1) is 27.3 Å². The van der Waals surface area contributed by atoms with Gasteiger partial charge in [-0.1, -0.05) is 22.9 Å². The Balaban J connectivity index is 2.10. The minimum absolute atomic E-state index is 0.0616. The van der Waals surface area contributed by atoms with E-state index in [9.17, 15) is 13.2 Å². The van der Waals surface area contributed by atoms with Crippen molar-refractivity contribution >= 4 is 49.1 Å². The standard InChI is InChI=1S/C17H15ClN2O4S2/c1-3-24-16(21)11-4-9-14-15(10-11)25-17(20(14)2)19-26(22,23)13-7-5-12(18)6-8-13/h4-10H,3H2,1-2H3/b19-17-. The van der Waals surface area contributed by atoms with E-state index in [0.29, 0.717) is 15.4 Å². The molecule has 3 rings (SSSR count). The lowest BCUT2D eigenvalue weighted by molar-refractivity contribution is 0.0526. The van der Waals surface area contributed by atoms with E-state index in [0.717, 1.165) is 10.2 Å². The third-order valence-corrected chi connectivity index (χ3v) is 6.37. The fourth-order valence-corrected chi connectivity index (χ4v) is 4.74. The van der Waals surface area contributed by atoms with E-state index in [1.165, 1.54) is 35.6 Å². The number of aryl methyl sites for hydroxylation is 1. The van der Waals surface area contributed by atoms with E-state index >= 15 is 0 Å². The number of hydrogen-bond donors (Lipinski definition) is 0. The Morgan fingerprint density at radius 3 is 2.58 bits per heavy atom. The lowest BCUT2D eigenvalue weighted by Crippen LogP contribution is -2.13. The molecule has 0 unspecified atom stereocenters. The number of carbonyl (C=O) groups excluding carboxylic acids is 1. The van der Waals surface area contributed by atoms with Crippen LogP contribution < -0.4 is 4.80 Å². The molecule has 2 aromatic carbocycles. The Labute approximate surface area is 159 Å². The summed E-state index contributed by atoms with van der Waals surface area (Å²) in [6, 6.07) is 10.9. The molecule has 9 heteroatoms. The van der Waals surface area contributed by atoms with Crippen LogP contribution in [0.3, 0.4) is 0 Å². The molecule has 0 aliphatic rings. The molecule has 0 aliphatic heterocycles. The van der Waals surface area contributed by atoms with Crippen LogP contribution in [0.25, 0.3) is 10.2 Å². The quantitative estimate of drug-likeness (QED) is 0.618. The van der Waals surface area contributed by atoms with Crippen LogP contribution in [0, 0.1) is 0 Å². The van der Waals surface area contributed by atoms with Crippen LogP contribution in [-0.2, 0) is 21.8 Å². The highest BCUT2D eigenvalue weighted by molar-refractivity contribution is 7.90. The van der Waals surface area contributed by atoms with Crippen LogP contribution in [0.2, 0.25) is 5.02 Å². The highest BCUT2D eigenvalue weighted by atomic mass is 35.5. The van der Waals surface area contributed by atoms with Gasteiger partial charge in [0.2, 0.25) is 4.80 Å². The summed E-state index contributed by atoms with van der Waals surface area (Å²) in [7, 11) is -2.15. The summed E-state index contributed by atoms with van der Waals surface area (Å²) in [5, 5.41) is 0.447. The number of benzene rings is 2. The number of hydrogen-bond acceptors (Lipinski definition) is 5. The molecule has 0 atom stereocenters. The van der Waals surface area contributed by atoms with Crippen LogP contribution in [0.4, 0.5) is 0 Å². The molecule has 0 N–H and O–H groups in total. The highest BCUT2D eigenvalue weighted by Crippen LogP contribution is 2.20. The van der Waals surface area contributed by atoms with Crippen LogP contribution in [-0.4, -0.2) is 25.6 Å². The van der Waals surface area contributed by atoms with Crippen molar-refractivity contribution in [3.05, 3.63) is 57.9 Å². The van der Waals surface area contributed by atoms with Crippen molar-refractivity contribution in [2.45, 2.75) is 11.8 Å². The fourth-order valence-electron chi connectivity index (χ4n) is 2.33. The molecular weight excluding hydrogens is 396 g/mol. The minimum Gasteiger partial charge on any atom is -0.462 e. The van der Waals surface area contributed by atoms with Crippen LogP contribution >= 0.6 is 22.9 Å². The zero-order valence-corrected chi connectivity index (χ0v) is 16.4. The number of fused-ring (bicyclic) bond motifs is 1. The third kappa shape index (κ3) is 3.67. The summed E-state index contributed by atoms with van der Waals surface area (Å²) in [6.07, 6.45) is 0. The lowest BCUT2D eigenvalue weighted by atomic mass is 10.2. The van der Waals surface area contributed by atoms with E-state index in [-0.39, 0.29) is 11.5 Å². The fraction of sp³-hybridized carbons (Fsp3) is 0.176. The number of nitrogens with zero attached hydrogens (tertiary/aromatic N) is 2. The number of sulfonamides is 1. The van der Waals surface area contributed by atoms with Crippen LogP contribution in [0.1, 0.15) is 17.3 Å². The van der Waals surface area contributed by atoms with Gasteiger partial charge in [-0.15, -0.1) is 4.40 Å². The first-order chi connectivity index (χ1) is 12.3. The summed E-state index contributed by atoms with van der Waals surface area (Å²) in [5.41, 5.74) is 1.18.